The number of halogens is 2. The number of nitrogens with two attached hydrogens (primary N) is 1. The Morgan fingerprint density at radius 2 is 2.17 bits per heavy atom. The lowest BCUT2D eigenvalue weighted by Crippen LogP contribution is -2.30. The van der Waals surface area contributed by atoms with Gasteiger partial charge in [0, 0.05) is 10.7 Å². The fraction of sp³-hybridized carbons (Fsp3) is 0.0667. The standard InChI is InChI=1S/C15H13ClFN5O/c1-7-4-8(16)2-3-10(7)21-13-9(15(23)22-18)5-11-14(12(13)17)20-6-19-11/h2-6,21H,18H2,1H3,(H,19,20)(H,22,23). The number of aryl methyl sites for hydroxylation is 1. The predicted octanol–water partition coefficient (Wildman–Crippen LogP) is 3.01. The molecule has 118 valence electrons. The molecule has 1 amide bonds. The molecule has 1 heterocycles. The quantitative estimate of drug-likeness (QED) is 0.336. The number of fused-ring (bicyclic) bond motifs is 1. The number of nitrogen functional groups attached to an aromatic ring is 1. The van der Waals surface area contributed by atoms with Crippen LogP contribution in [0.1, 0.15) is 15.9 Å². The number of H-pyrrole nitrogens is 1. The zero-order valence-electron chi connectivity index (χ0n) is 12.1. The summed E-state index contributed by atoms with van der Waals surface area (Å²) < 4.78 is 14.8. The van der Waals surface area contributed by atoms with Crippen LogP contribution >= 0.6 is 11.6 Å². The van der Waals surface area contributed by atoms with Gasteiger partial charge >= 0.3 is 0 Å². The molecule has 0 fully saturated rings. The number of carbonyl (C=O) groups is 1. The van der Waals surface area contributed by atoms with E-state index in [-0.39, 0.29) is 16.8 Å². The zero-order valence-corrected chi connectivity index (χ0v) is 12.8. The molecule has 2 aromatic carbocycles. The van der Waals surface area contributed by atoms with Gasteiger partial charge in [0.1, 0.15) is 5.52 Å². The van der Waals surface area contributed by atoms with E-state index in [1.807, 2.05) is 12.3 Å². The molecule has 1 aromatic heterocycles. The molecule has 3 aromatic rings. The lowest BCUT2D eigenvalue weighted by Gasteiger charge is -2.14. The number of aromatic nitrogens is 2. The highest BCUT2D eigenvalue weighted by Crippen LogP contribution is 2.31. The van der Waals surface area contributed by atoms with Crippen molar-refractivity contribution in [1.29, 1.82) is 0 Å². The summed E-state index contributed by atoms with van der Waals surface area (Å²) in [6.45, 7) is 1.82. The van der Waals surface area contributed by atoms with Gasteiger partial charge in [-0.2, -0.15) is 0 Å². The molecule has 0 bridgehead atoms. The van der Waals surface area contributed by atoms with Crippen LogP contribution in [0.5, 0.6) is 0 Å². The molecule has 6 nitrogen and oxygen atoms in total. The average Bonchev–Trinajstić information content (AvgIpc) is 3.00. The van der Waals surface area contributed by atoms with Crippen LogP contribution in [0, 0.1) is 12.7 Å². The summed E-state index contributed by atoms with van der Waals surface area (Å²) in [6.07, 6.45) is 1.36. The minimum atomic E-state index is -0.642. The van der Waals surface area contributed by atoms with Gasteiger partial charge in [-0.3, -0.25) is 10.2 Å². The van der Waals surface area contributed by atoms with Gasteiger partial charge in [-0.1, -0.05) is 11.6 Å². The van der Waals surface area contributed by atoms with E-state index in [9.17, 15) is 9.18 Å². The van der Waals surface area contributed by atoms with Crippen LogP contribution in [0.25, 0.3) is 11.0 Å². The van der Waals surface area contributed by atoms with Crippen molar-refractivity contribution >= 4 is 39.9 Å². The van der Waals surface area contributed by atoms with E-state index < -0.39 is 11.7 Å². The first kappa shape index (κ1) is 15.3. The summed E-state index contributed by atoms with van der Waals surface area (Å²) in [5.41, 5.74) is 4.04. The van der Waals surface area contributed by atoms with E-state index in [0.717, 1.165) is 5.56 Å². The first-order valence-corrected chi connectivity index (χ1v) is 7.08. The van der Waals surface area contributed by atoms with E-state index in [2.05, 4.69) is 15.3 Å². The van der Waals surface area contributed by atoms with Crippen molar-refractivity contribution in [3.05, 3.63) is 52.6 Å². The highest BCUT2D eigenvalue weighted by molar-refractivity contribution is 6.30. The molecule has 0 aliphatic rings. The van der Waals surface area contributed by atoms with Gasteiger partial charge in [-0.25, -0.2) is 15.2 Å². The first-order valence-electron chi connectivity index (χ1n) is 6.71. The normalized spacial score (nSPS) is 10.8. The minimum absolute atomic E-state index is 0.00188. The summed E-state index contributed by atoms with van der Waals surface area (Å²) in [7, 11) is 0. The number of imidazole rings is 1. The maximum Gasteiger partial charge on any atom is 0.267 e. The van der Waals surface area contributed by atoms with Crippen LogP contribution < -0.4 is 16.6 Å². The van der Waals surface area contributed by atoms with Crippen LogP contribution in [-0.4, -0.2) is 15.9 Å². The number of carbonyl (C=O) groups excluding carboxylic acids is 1. The van der Waals surface area contributed by atoms with Gasteiger partial charge in [0.05, 0.1) is 23.1 Å². The van der Waals surface area contributed by atoms with E-state index in [1.165, 1.54) is 12.4 Å². The summed E-state index contributed by atoms with van der Waals surface area (Å²) in [6, 6.07) is 6.60. The Kier molecular flexibility index (Phi) is 3.89. The van der Waals surface area contributed by atoms with E-state index in [1.54, 1.807) is 18.2 Å². The monoisotopic (exact) mass is 333 g/mol. The molecule has 0 spiro atoms. The first-order chi connectivity index (χ1) is 11.0. The second-order valence-electron chi connectivity index (χ2n) is 4.97. The Labute approximate surface area is 135 Å². The molecule has 0 aliphatic heterocycles. The third-order valence-corrected chi connectivity index (χ3v) is 3.71. The SMILES string of the molecule is Cc1cc(Cl)ccc1Nc1c(C(=O)NN)cc2[nH]cnc2c1F. The minimum Gasteiger partial charge on any atom is -0.352 e. The molecular formula is C15H13ClFN5O. The Morgan fingerprint density at radius 1 is 1.39 bits per heavy atom. The maximum absolute atomic E-state index is 14.8. The van der Waals surface area contributed by atoms with Gasteiger partial charge in [-0.05, 0) is 36.8 Å². The van der Waals surface area contributed by atoms with Gasteiger partial charge in [0.15, 0.2) is 5.82 Å². The lowest BCUT2D eigenvalue weighted by molar-refractivity contribution is 0.0954. The second kappa shape index (κ2) is 5.86. The number of anilines is 2. The Balaban J connectivity index is 2.17. The number of hydrogen-bond donors (Lipinski definition) is 4. The molecule has 3 rings (SSSR count). The average molecular weight is 334 g/mol. The number of nitrogens with one attached hydrogen (secondary N) is 3. The maximum atomic E-state index is 14.8. The highest BCUT2D eigenvalue weighted by atomic mass is 35.5. The molecule has 0 saturated carbocycles. The van der Waals surface area contributed by atoms with E-state index in [0.29, 0.717) is 16.2 Å². The smallest absolute Gasteiger partial charge is 0.267 e. The molecule has 0 aliphatic carbocycles. The highest BCUT2D eigenvalue weighted by Gasteiger charge is 2.20. The predicted molar refractivity (Wildman–Crippen MR) is 87.2 cm³/mol. The summed E-state index contributed by atoms with van der Waals surface area (Å²) >= 11 is 5.92. The largest absolute Gasteiger partial charge is 0.352 e. The fourth-order valence-electron chi connectivity index (χ4n) is 2.32. The Bertz CT molecular complexity index is 908. The van der Waals surface area contributed by atoms with Crippen molar-refractivity contribution in [3.8, 4) is 0 Å². The molecule has 23 heavy (non-hydrogen) atoms. The Hall–Kier alpha value is -2.64. The molecule has 5 N–H and O–H groups in total. The molecule has 0 atom stereocenters. The van der Waals surface area contributed by atoms with Crippen molar-refractivity contribution in [2.75, 3.05) is 5.32 Å². The van der Waals surface area contributed by atoms with Gasteiger partial charge in [0.2, 0.25) is 0 Å². The van der Waals surface area contributed by atoms with Crippen LogP contribution in [0.15, 0.2) is 30.6 Å². The number of hydrogen-bond acceptors (Lipinski definition) is 4. The molecule has 8 heteroatoms. The van der Waals surface area contributed by atoms with Gasteiger partial charge < -0.3 is 10.3 Å². The topological polar surface area (TPSA) is 95.8 Å². The number of amides is 1. The van der Waals surface area contributed by atoms with Crippen LogP contribution in [0.3, 0.4) is 0 Å². The lowest BCUT2D eigenvalue weighted by atomic mass is 10.1. The van der Waals surface area contributed by atoms with E-state index in [4.69, 9.17) is 17.4 Å². The van der Waals surface area contributed by atoms with Crippen molar-refractivity contribution in [3.63, 3.8) is 0 Å². The number of benzene rings is 2. The fourth-order valence-corrected chi connectivity index (χ4v) is 2.55. The van der Waals surface area contributed by atoms with Crippen LogP contribution in [0.4, 0.5) is 15.8 Å². The second-order valence-corrected chi connectivity index (χ2v) is 5.41. The molecule has 0 unspecified atom stereocenters. The summed E-state index contributed by atoms with van der Waals surface area (Å²) in [5.74, 6) is 3.93. The third kappa shape index (κ3) is 2.71. The Morgan fingerprint density at radius 3 is 2.87 bits per heavy atom. The number of aromatic amines is 1. The van der Waals surface area contributed by atoms with Crippen molar-refractivity contribution in [1.82, 2.24) is 15.4 Å². The zero-order chi connectivity index (χ0) is 16.6. The van der Waals surface area contributed by atoms with Crippen molar-refractivity contribution in [2.45, 2.75) is 6.92 Å². The van der Waals surface area contributed by atoms with Gasteiger partial charge in [-0.15, -0.1) is 0 Å². The molecular weight excluding hydrogens is 321 g/mol. The summed E-state index contributed by atoms with van der Waals surface area (Å²) in [5, 5.41) is 3.50. The van der Waals surface area contributed by atoms with Crippen LogP contribution in [0.2, 0.25) is 5.02 Å². The third-order valence-electron chi connectivity index (χ3n) is 3.48. The van der Waals surface area contributed by atoms with Crippen molar-refractivity contribution in [2.24, 2.45) is 5.84 Å². The van der Waals surface area contributed by atoms with E-state index >= 15 is 0 Å². The number of rotatable bonds is 3. The molecule has 0 saturated heterocycles. The van der Waals surface area contributed by atoms with Gasteiger partial charge in [0.25, 0.3) is 5.91 Å². The van der Waals surface area contributed by atoms with Crippen molar-refractivity contribution < 1.29 is 9.18 Å². The number of nitrogens with zero attached hydrogens (tertiary/aromatic N) is 1. The number of hydrazine groups is 1. The summed E-state index contributed by atoms with van der Waals surface area (Å²) in [4.78, 5) is 18.7. The molecule has 0 radical (unpaired) electrons. The van der Waals surface area contributed by atoms with Crippen LogP contribution in [-0.2, 0) is 0 Å².